The van der Waals surface area contributed by atoms with Crippen LogP contribution in [-0.2, 0) is 11.2 Å². The number of thiazole rings is 1. The first kappa shape index (κ1) is 19.0. The number of ether oxygens (including phenoxy) is 1. The second kappa shape index (κ2) is 9.26. The van der Waals surface area contributed by atoms with Crippen molar-refractivity contribution in [2.24, 2.45) is 5.92 Å². The number of hydrogen-bond acceptors (Lipinski definition) is 5. The zero-order chi connectivity index (χ0) is 18.4. The van der Waals surface area contributed by atoms with Crippen molar-refractivity contribution >= 4 is 17.2 Å². The highest BCUT2D eigenvalue weighted by molar-refractivity contribution is 7.11. The van der Waals surface area contributed by atoms with E-state index in [1.807, 2.05) is 11.8 Å². The first-order chi connectivity index (χ1) is 12.7. The highest BCUT2D eigenvalue weighted by Gasteiger charge is 2.27. The van der Waals surface area contributed by atoms with Crippen LogP contribution < -0.4 is 0 Å². The van der Waals surface area contributed by atoms with E-state index in [2.05, 4.69) is 40.2 Å². The SMILES string of the molecule is COCC1CN(CCc2ccccc2)CCN(C(=O)c2scnc2C)C1. The molecular formula is C20H27N3O2S. The number of amides is 1. The fourth-order valence-electron chi connectivity index (χ4n) is 3.49. The Bertz CT molecular complexity index is 704. The largest absolute Gasteiger partial charge is 0.384 e. The van der Waals surface area contributed by atoms with Gasteiger partial charge < -0.3 is 14.5 Å². The summed E-state index contributed by atoms with van der Waals surface area (Å²) in [6, 6.07) is 10.6. The normalized spacial score (nSPS) is 18.7. The number of benzene rings is 1. The zero-order valence-electron chi connectivity index (χ0n) is 15.6. The Morgan fingerprint density at radius 1 is 1.27 bits per heavy atom. The van der Waals surface area contributed by atoms with E-state index in [4.69, 9.17) is 4.74 Å². The number of rotatable bonds is 6. The van der Waals surface area contributed by atoms with Crippen LogP contribution in [0.15, 0.2) is 35.8 Å². The van der Waals surface area contributed by atoms with Crippen molar-refractivity contribution in [3.8, 4) is 0 Å². The summed E-state index contributed by atoms with van der Waals surface area (Å²) in [7, 11) is 1.73. The summed E-state index contributed by atoms with van der Waals surface area (Å²) in [5.74, 6) is 0.437. The van der Waals surface area contributed by atoms with Crippen LogP contribution in [0.3, 0.4) is 0 Å². The lowest BCUT2D eigenvalue weighted by Gasteiger charge is -2.24. The molecule has 0 saturated carbocycles. The molecule has 0 spiro atoms. The average Bonchev–Trinajstić information content (AvgIpc) is 2.97. The number of carbonyl (C=O) groups is 1. The molecule has 1 aromatic carbocycles. The fourth-order valence-corrected chi connectivity index (χ4v) is 4.26. The maximum Gasteiger partial charge on any atom is 0.265 e. The fraction of sp³-hybridized carbons (Fsp3) is 0.500. The molecule has 0 bridgehead atoms. The molecule has 0 N–H and O–H groups in total. The molecule has 1 unspecified atom stereocenters. The van der Waals surface area contributed by atoms with E-state index >= 15 is 0 Å². The molecule has 1 atom stereocenters. The quantitative estimate of drug-likeness (QED) is 0.781. The van der Waals surface area contributed by atoms with E-state index in [9.17, 15) is 4.79 Å². The summed E-state index contributed by atoms with van der Waals surface area (Å²) in [4.78, 5) is 22.3. The van der Waals surface area contributed by atoms with Gasteiger partial charge >= 0.3 is 0 Å². The third-order valence-electron chi connectivity index (χ3n) is 4.87. The highest BCUT2D eigenvalue weighted by Crippen LogP contribution is 2.19. The van der Waals surface area contributed by atoms with Gasteiger partial charge in [0.05, 0.1) is 17.8 Å². The minimum Gasteiger partial charge on any atom is -0.384 e. The molecule has 2 heterocycles. The van der Waals surface area contributed by atoms with Crippen LogP contribution in [0.5, 0.6) is 0 Å². The molecule has 3 rings (SSSR count). The number of nitrogens with zero attached hydrogens (tertiary/aromatic N) is 3. The average molecular weight is 374 g/mol. The van der Waals surface area contributed by atoms with Gasteiger partial charge in [-0.05, 0) is 18.9 Å². The summed E-state index contributed by atoms with van der Waals surface area (Å²) in [6.07, 6.45) is 1.03. The molecule has 1 aromatic heterocycles. The molecule has 0 aliphatic carbocycles. The van der Waals surface area contributed by atoms with Gasteiger partial charge in [0.15, 0.2) is 0 Å². The molecule has 1 aliphatic heterocycles. The first-order valence-corrected chi connectivity index (χ1v) is 10.00. The summed E-state index contributed by atoms with van der Waals surface area (Å²) >= 11 is 1.43. The standard InChI is InChI=1S/C20H27N3O2S/c1-16-19(26-15-21-16)20(24)23-11-10-22(12-18(13-23)14-25-2)9-8-17-6-4-3-5-7-17/h3-7,15,18H,8-14H2,1-2H3. The smallest absolute Gasteiger partial charge is 0.265 e. The van der Waals surface area contributed by atoms with Crippen LogP contribution in [0.1, 0.15) is 20.9 Å². The van der Waals surface area contributed by atoms with Crippen molar-refractivity contribution in [1.82, 2.24) is 14.8 Å². The molecule has 0 radical (unpaired) electrons. The highest BCUT2D eigenvalue weighted by atomic mass is 32.1. The van der Waals surface area contributed by atoms with Gasteiger partial charge in [0, 0.05) is 45.8 Å². The first-order valence-electron chi connectivity index (χ1n) is 9.12. The molecular weight excluding hydrogens is 346 g/mol. The predicted molar refractivity (Wildman–Crippen MR) is 105 cm³/mol. The van der Waals surface area contributed by atoms with Crippen LogP contribution >= 0.6 is 11.3 Å². The van der Waals surface area contributed by atoms with Crippen molar-refractivity contribution < 1.29 is 9.53 Å². The van der Waals surface area contributed by atoms with E-state index in [0.717, 1.165) is 49.7 Å². The molecule has 1 fully saturated rings. The summed E-state index contributed by atoms with van der Waals surface area (Å²) in [5, 5.41) is 0. The maximum atomic E-state index is 12.9. The van der Waals surface area contributed by atoms with E-state index in [1.165, 1.54) is 16.9 Å². The predicted octanol–water partition coefficient (Wildman–Crippen LogP) is 2.71. The lowest BCUT2D eigenvalue weighted by Crippen LogP contribution is -2.36. The van der Waals surface area contributed by atoms with Gasteiger partial charge in [0.1, 0.15) is 4.88 Å². The molecule has 5 nitrogen and oxygen atoms in total. The molecule has 1 saturated heterocycles. The second-order valence-electron chi connectivity index (χ2n) is 6.88. The van der Waals surface area contributed by atoms with Crippen molar-refractivity contribution in [2.75, 3.05) is 46.4 Å². The maximum absolute atomic E-state index is 12.9. The van der Waals surface area contributed by atoms with Crippen LogP contribution in [0.25, 0.3) is 0 Å². The molecule has 6 heteroatoms. The third kappa shape index (κ3) is 4.90. The Morgan fingerprint density at radius 3 is 2.77 bits per heavy atom. The van der Waals surface area contributed by atoms with E-state index < -0.39 is 0 Å². The Morgan fingerprint density at radius 2 is 2.08 bits per heavy atom. The van der Waals surface area contributed by atoms with Crippen molar-refractivity contribution in [3.05, 3.63) is 52.0 Å². The second-order valence-corrected chi connectivity index (χ2v) is 7.73. The molecule has 1 aliphatic rings. The Balaban J connectivity index is 1.64. The number of hydrogen-bond donors (Lipinski definition) is 0. The Hall–Kier alpha value is -1.76. The number of aryl methyl sites for hydroxylation is 1. The van der Waals surface area contributed by atoms with Gasteiger partial charge in [-0.25, -0.2) is 4.98 Å². The van der Waals surface area contributed by atoms with E-state index in [1.54, 1.807) is 12.6 Å². The summed E-state index contributed by atoms with van der Waals surface area (Å²) < 4.78 is 5.42. The zero-order valence-corrected chi connectivity index (χ0v) is 16.4. The van der Waals surface area contributed by atoms with E-state index in [-0.39, 0.29) is 5.91 Å². The molecule has 140 valence electrons. The van der Waals surface area contributed by atoms with Crippen molar-refractivity contribution in [1.29, 1.82) is 0 Å². The summed E-state index contributed by atoms with van der Waals surface area (Å²) in [5.41, 5.74) is 3.93. The minimum atomic E-state index is 0.107. The lowest BCUT2D eigenvalue weighted by molar-refractivity contribution is 0.0710. The van der Waals surface area contributed by atoms with Crippen LogP contribution in [-0.4, -0.2) is 67.1 Å². The van der Waals surface area contributed by atoms with Crippen LogP contribution in [0, 0.1) is 12.8 Å². The van der Waals surface area contributed by atoms with Gasteiger partial charge in [0.25, 0.3) is 5.91 Å². The summed E-state index contributed by atoms with van der Waals surface area (Å²) in [6.45, 7) is 6.94. The number of carbonyl (C=O) groups excluding carboxylic acids is 1. The number of aromatic nitrogens is 1. The van der Waals surface area contributed by atoms with E-state index in [0.29, 0.717) is 12.5 Å². The molecule has 1 amide bonds. The third-order valence-corrected chi connectivity index (χ3v) is 5.79. The lowest BCUT2D eigenvalue weighted by atomic mass is 10.1. The van der Waals surface area contributed by atoms with Gasteiger partial charge in [-0.3, -0.25) is 4.79 Å². The van der Waals surface area contributed by atoms with Gasteiger partial charge in [0.2, 0.25) is 0 Å². The van der Waals surface area contributed by atoms with Crippen LogP contribution in [0.2, 0.25) is 0 Å². The minimum absolute atomic E-state index is 0.107. The Kier molecular flexibility index (Phi) is 6.77. The monoisotopic (exact) mass is 373 g/mol. The van der Waals surface area contributed by atoms with Crippen molar-refractivity contribution in [2.45, 2.75) is 13.3 Å². The Labute approximate surface area is 159 Å². The number of methoxy groups -OCH3 is 1. The van der Waals surface area contributed by atoms with Crippen molar-refractivity contribution in [3.63, 3.8) is 0 Å². The van der Waals surface area contributed by atoms with Gasteiger partial charge in [-0.2, -0.15) is 0 Å². The topological polar surface area (TPSA) is 45.7 Å². The van der Waals surface area contributed by atoms with Crippen LogP contribution in [0.4, 0.5) is 0 Å². The van der Waals surface area contributed by atoms with Gasteiger partial charge in [-0.15, -0.1) is 11.3 Å². The molecule has 26 heavy (non-hydrogen) atoms. The molecule has 2 aromatic rings. The van der Waals surface area contributed by atoms with Gasteiger partial charge in [-0.1, -0.05) is 30.3 Å².